The smallest absolute Gasteiger partial charge is 0.0122 e. The molecular formula is C25H39P3. The third-order valence-corrected chi connectivity index (χ3v) is 5.46. The summed E-state index contributed by atoms with van der Waals surface area (Å²) in [5.41, 5.74) is 6.71. The van der Waals surface area contributed by atoms with Gasteiger partial charge in [-0.3, -0.25) is 0 Å². The normalized spacial score (nSPS) is 9.32. The van der Waals surface area contributed by atoms with Gasteiger partial charge in [0.15, 0.2) is 0 Å². The van der Waals surface area contributed by atoms with E-state index in [1.807, 2.05) is 41.5 Å². The molecule has 0 N–H and O–H groups in total. The Balaban J connectivity index is 0.00000111. The highest BCUT2D eigenvalue weighted by molar-refractivity contribution is 7.15. The second kappa shape index (κ2) is 16.1. The van der Waals surface area contributed by atoms with Crippen molar-refractivity contribution < 1.29 is 0 Å². The average Bonchev–Trinajstić information content (AvgIpc) is 2.81. The summed E-state index contributed by atoms with van der Waals surface area (Å²) < 4.78 is 0. The van der Waals surface area contributed by atoms with Crippen LogP contribution in [-0.4, -0.2) is 0 Å². The van der Waals surface area contributed by atoms with Gasteiger partial charge in [0.25, 0.3) is 0 Å². The molecule has 3 aromatic rings. The topological polar surface area (TPSA) is 0 Å². The minimum atomic E-state index is 0.997. The largest absolute Gasteiger partial charge is 0.133 e. The third-order valence-electron chi connectivity index (χ3n) is 4.08. The molecule has 3 unspecified atom stereocenters. The van der Waals surface area contributed by atoms with Crippen LogP contribution in [0.5, 0.6) is 0 Å². The Morgan fingerprint density at radius 3 is 1.57 bits per heavy atom. The zero-order valence-electron chi connectivity index (χ0n) is 18.5. The highest BCUT2D eigenvalue weighted by atomic mass is 31.0. The molecule has 0 aromatic heterocycles. The predicted molar refractivity (Wildman–Crippen MR) is 144 cm³/mol. The van der Waals surface area contributed by atoms with Crippen molar-refractivity contribution in [3.05, 3.63) is 71.3 Å². The molecule has 0 fully saturated rings. The second-order valence-electron chi connectivity index (χ2n) is 5.50. The van der Waals surface area contributed by atoms with Crippen LogP contribution in [0, 0.1) is 0 Å². The molecule has 3 rings (SSSR count). The highest BCUT2D eigenvalue weighted by Crippen LogP contribution is 2.29. The Morgan fingerprint density at radius 2 is 1.07 bits per heavy atom. The van der Waals surface area contributed by atoms with Gasteiger partial charge in [-0.25, -0.2) is 0 Å². The van der Waals surface area contributed by atoms with E-state index >= 15 is 0 Å². The lowest BCUT2D eigenvalue weighted by Crippen LogP contribution is -1.88. The van der Waals surface area contributed by atoms with Crippen molar-refractivity contribution >= 4 is 38.5 Å². The van der Waals surface area contributed by atoms with E-state index in [-0.39, 0.29) is 0 Å². The summed E-state index contributed by atoms with van der Waals surface area (Å²) in [6.45, 7) is 12.0. The van der Waals surface area contributed by atoms with Gasteiger partial charge in [-0.2, -0.15) is 0 Å². The van der Waals surface area contributed by atoms with Crippen LogP contribution in [0.1, 0.15) is 58.2 Å². The molecule has 0 bridgehead atoms. The predicted octanol–water partition coefficient (Wildman–Crippen LogP) is 8.71. The standard InChI is InChI=1S/C19H21P3.3C2H6/c20-10-13-1-3-15(4-2-13)16-5-6-19-17(9-16)7-14(11-21)8-18(19)12-22;3*1-2/h1-9H,10-12,20-22H2;3*1-2H3. The molecule has 0 radical (unpaired) electrons. The van der Waals surface area contributed by atoms with E-state index in [4.69, 9.17) is 0 Å². The van der Waals surface area contributed by atoms with Crippen LogP contribution in [0.2, 0.25) is 0 Å². The van der Waals surface area contributed by atoms with Gasteiger partial charge in [0.2, 0.25) is 0 Å². The molecule has 154 valence electrons. The molecule has 0 spiro atoms. The van der Waals surface area contributed by atoms with E-state index in [2.05, 4.69) is 82.3 Å². The summed E-state index contributed by atoms with van der Waals surface area (Å²) in [5, 5.41) is 2.70. The zero-order valence-corrected chi connectivity index (χ0v) is 22.0. The molecule has 0 amide bonds. The molecule has 0 aliphatic carbocycles. The molecule has 3 atom stereocenters. The summed E-state index contributed by atoms with van der Waals surface area (Å²) in [7, 11) is 8.44. The summed E-state index contributed by atoms with van der Waals surface area (Å²) in [6.07, 6.45) is 3.00. The number of hydrogen-bond donors (Lipinski definition) is 0. The lowest BCUT2D eigenvalue weighted by atomic mass is 9.97. The van der Waals surface area contributed by atoms with Gasteiger partial charge in [-0.15, -0.1) is 27.7 Å². The van der Waals surface area contributed by atoms with Crippen LogP contribution in [0.3, 0.4) is 0 Å². The fourth-order valence-electron chi connectivity index (χ4n) is 2.82. The fourth-order valence-corrected chi connectivity index (χ4v) is 3.66. The maximum absolute atomic E-state index is 2.85. The first kappa shape index (κ1) is 27.2. The molecule has 0 saturated heterocycles. The number of fused-ring (bicyclic) bond motifs is 1. The van der Waals surface area contributed by atoms with Crippen LogP contribution in [0.15, 0.2) is 54.6 Å². The van der Waals surface area contributed by atoms with Crippen molar-refractivity contribution in [2.75, 3.05) is 0 Å². The van der Waals surface area contributed by atoms with Crippen molar-refractivity contribution in [1.29, 1.82) is 0 Å². The summed E-state index contributed by atoms with van der Waals surface area (Å²) in [5.74, 6) is 0. The lowest BCUT2D eigenvalue weighted by molar-refractivity contribution is 1.37. The number of hydrogen-bond acceptors (Lipinski definition) is 0. The van der Waals surface area contributed by atoms with E-state index < -0.39 is 0 Å². The molecule has 3 heteroatoms. The molecular weight excluding hydrogens is 393 g/mol. The first-order valence-corrected chi connectivity index (χ1v) is 12.9. The highest BCUT2D eigenvalue weighted by Gasteiger charge is 2.05. The van der Waals surface area contributed by atoms with Crippen LogP contribution < -0.4 is 0 Å². The Labute approximate surface area is 180 Å². The van der Waals surface area contributed by atoms with Crippen LogP contribution in [0.4, 0.5) is 0 Å². The van der Waals surface area contributed by atoms with E-state index in [1.54, 1.807) is 0 Å². The van der Waals surface area contributed by atoms with E-state index in [0.29, 0.717) is 0 Å². The molecule has 0 saturated carbocycles. The lowest BCUT2D eigenvalue weighted by Gasteiger charge is -2.10. The van der Waals surface area contributed by atoms with Gasteiger partial charge in [0.1, 0.15) is 0 Å². The van der Waals surface area contributed by atoms with E-state index in [9.17, 15) is 0 Å². The minimum absolute atomic E-state index is 0.997. The molecule has 0 aliphatic heterocycles. The quantitative estimate of drug-likeness (QED) is 0.362. The Hall–Kier alpha value is -0.790. The minimum Gasteiger partial charge on any atom is -0.133 e. The van der Waals surface area contributed by atoms with Gasteiger partial charge in [-0.05, 0) is 63.1 Å². The second-order valence-corrected chi connectivity index (χ2v) is 6.72. The zero-order chi connectivity index (χ0) is 21.5. The van der Waals surface area contributed by atoms with Crippen molar-refractivity contribution in [1.82, 2.24) is 0 Å². The molecule has 3 aromatic carbocycles. The van der Waals surface area contributed by atoms with E-state index in [1.165, 1.54) is 38.6 Å². The average molecular weight is 433 g/mol. The Kier molecular flexibility index (Phi) is 15.6. The van der Waals surface area contributed by atoms with Crippen molar-refractivity contribution in [2.45, 2.75) is 60.0 Å². The van der Waals surface area contributed by atoms with Crippen molar-refractivity contribution in [3.63, 3.8) is 0 Å². The Bertz CT molecular complexity index is 793. The summed E-state index contributed by atoms with van der Waals surface area (Å²) in [4.78, 5) is 0. The van der Waals surface area contributed by atoms with E-state index in [0.717, 1.165) is 18.5 Å². The number of benzene rings is 3. The fraction of sp³-hybridized carbons (Fsp3) is 0.360. The molecule has 0 aliphatic rings. The van der Waals surface area contributed by atoms with Crippen molar-refractivity contribution in [2.24, 2.45) is 0 Å². The van der Waals surface area contributed by atoms with Crippen molar-refractivity contribution in [3.8, 4) is 11.1 Å². The molecule has 0 heterocycles. The van der Waals surface area contributed by atoms with Crippen LogP contribution in [0.25, 0.3) is 21.9 Å². The number of rotatable bonds is 4. The first-order valence-electron chi connectivity index (χ1n) is 10.5. The van der Waals surface area contributed by atoms with Crippen LogP contribution in [-0.2, 0) is 18.5 Å². The first-order chi connectivity index (χ1) is 13.7. The maximum Gasteiger partial charge on any atom is -0.0122 e. The molecule has 28 heavy (non-hydrogen) atoms. The van der Waals surface area contributed by atoms with Gasteiger partial charge < -0.3 is 0 Å². The SMILES string of the molecule is CC.CC.CC.PCc1ccc(-c2ccc3c(CP)cc(CP)cc3c2)cc1. The summed E-state index contributed by atoms with van der Waals surface area (Å²) >= 11 is 0. The third kappa shape index (κ3) is 7.56. The van der Waals surface area contributed by atoms with Gasteiger partial charge in [0, 0.05) is 0 Å². The van der Waals surface area contributed by atoms with Gasteiger partial charge >= 0.3 is 0 Å². The van der Waals surface area contributed by atoms with Crippen LogP contribution >= 0.6 is 27.7 Å². The summed E-state index contributed by atoms with van der Waals surface area (Å²) in [6, 6.07) is 20.3. The maximum atomic E-state index is 2.85. The Morgan fingerprint density at radius 1 is 0.536 bits per heavy atom. The van der Waals surface area contributed by atoms with Gasteiger partial charge in [-0.1, -0.05) is 90.1 Å². The molecule has 0 nitrogen and oxygen atoms in total. The van der Waals surface area contributed by atoms with Gasteiger partial charge in [0.05, 0.1) is 0 Å². The monoisotopic (exact) mass is 432 g/mol.